The van der Waals surface area contributed by atoms with Crippen LogP contribution in [-0.4, -0.2) is 65.8 Å². The van der Waals surface area contributed by atoms with Gasteiger partial charge in [0.05, 0.1) is 28.2 Å². The molecular formula is C22H27N5O5S. The van der Waals surface area contributed by atoms with Crippen molar-refractivity contribution in [3.05, 3.63) is 62.3 Å². The molecule has 0 fully saturated rings. The normalized spacial score (nSPS) is 15.3. The third-order valence-electron chi connectivity index (χ3n) is 5.14. The smallest absolute Gasteiger partial charge is 0.317 e. The second-order valence-corrected chi connectivity index (χ2v) is 8.43. The summed E-state index contributed by atoms with van der Waals surface area (Å²) in [4.78, 5) is 39.0. The fourth-order valence-corrected chi connectivity index (χ4v) is 4.19. The highest BCUT2D eigenvalue weighted by Crippen LogP contribution is 2.35. The van der Waals surface area contributed by atoms with Gasteiger partial charge in [0, 0.05) is 38.8 Å². The lowest BCUT2D eigenvalue weighted by Gasteiger charge is -2.27. The molecule has 176 valence electrons. The van der Waals surface area contributed by atoms with E-state index in [1.165, 1.54) is 40.5 Å². The number of urea groups is 1. The number of non-ortho nitro benzene ring substituents is 1. The van der Waals surface area contributed by atoms with Crippen LogP contribution in [0.15, 0.2) is 46.9 Å². The number of nitrogens with one attached hydrogen (secondary N) is 1. The van der Waals surface area contributed by atoms with Crippen LogP contribution in [-0.2, 0) is 9.53 Å². The van der Waals surface area contributed by atoms with Gasteiger partial charge in [-0.3, -0.25) is 14.9 Å². The maximum atomic E-state index is 13.3. The molecule has 1 aromatic heterocycles. The molecule has 0 aliphatic carbocycles. The van der Waals surface area contributed by atoms with Crippen LogP contribution in [0, 0.1) is 10.1 Å². The van der Waals surface area contributed by atoms with Crippen LogP contribution >= 0.6 is 11.3 Å². The second-order valence-electron chi connectivity index (χ2n) is 7.48. The first-order valence-corrected chi connectivity index (χ1v) is 11.5. The molecule has 1 atom stereocenters. The molecule has 11 heteroatoms. The van der Waals surface area contributed by atoms with Gasteiger partial charge in [-0.2, -0.15) is 5.10 Å². The molecule has 3 rings (SSSR count). The van der Waals surface area contributed by atoms with Crippen molar-refractivity contribution in [2.75, 3.05) is 33.4 Å². The van der Waals surface area contributed by atoms with Crippen molar-refractivity contribution >= 4 is 34.7 Å². The van der Waals surface area contributed by atoms with E-state index in [-0.39, 0.29) is 37.3 Å². The number of thiophene rings is 1. The molecule has 0 saturated carbocycles. The first kappa shape index (κ1) is 24.3. The second kappa shape index (κ2) is 11.5. The summed E-state index contributed by atoms with van der Waals surface area (Å²) in [5.74, 6) is -0.374. The van der Waals surface area contributed by atoms with Crippen LogP contribution < -0.4 is 5.32 Å². The Balaban J connectivity index is 1.87. The van der Waals surface area contributed by atoms with E-state index < -0.39 is 11.0 Å². The number of nitro groups is 1. The van der Waals surface area contributed by atoms with Crippen molar-refractivity contribution in [1.82, 2.24) is 15.2 Å². The summed E-state index contributed by atoms with van der Waals surface area (Å²) in [6, 6.07) is 9.20. The average Bonchev–Trinajstić information content (AvgIpc) is 3.50. The first-order valence-electron chi connectivity index (χ1n) is 10.6. The molecule has 3 amide bonds. The van der Waals surface area contributed by atoms with Gasteiger partial charge in [0.1, 0.15) is 6.54 Å². The summed E-state index contributed by atoms with van der Waals surface area (Å²) in [5.41, 5.74) is 1.30. The molecule has 1 aliphatic rings. The zero-order chi connectivity index (χ0) is 23.8. The molecule has 2 aromatic rings. The zero-order valence-corrected chi connectivity index (χ0v) is 19.4. The van der Waals surface area contributed by atoms with Crippen molar-refractivity contribution < 1.29 is 19.2 Å². The molecule has 1 N–H and O–H groups in total. The maximum absolute atomic E-state index is 13.3. The Morgan fingerprint density at radius 2 is 2.18 bits per heavy atom. The number of carbonyl (C=O) groups is 2. The summed E-state index contributed by atoms with van der Waals surface area (Å²) in [7, 11) is 1.53. The first-order chi connectivity index (χ1) is 15.9. The monoisotopic (exact) mass is 473 g/mol. The highest BCUT2D eigenvalue weighted by molar-refractivity contribution is 7.12. The lowest BCUT2D eigenvalue weighted by atomic mass is 10.0. The van der Waals surface area contributed by atoms with Crippen molar-refractivity contribution in [1.29, 1.82) is 0 Å². The Morgan fingerprint density at radius 3 is 2.85 bits per heavy atom. The summed E-state index contributed by atoms with van der Waals surface area (Å²) in [6.45, 7) is 2.78. The highest BCUT2D eigenvalue weighted by Gasteiger charge is 2.35. The molecule has 33 heavy (non-hydrogen) atoms. The number of ether oxygens (including phenoxy) is 1. The van der Waals surface area contributed by atoms with E-state index in [4.69, 9.17) is 4.74 Å². The minimum absolute atomic E-state index is 0.0508. The van der Waals surface area contributed by atoms with Gasteiger partial charge in [-0.15, -0.1) is 11.3 Å². The van der Waals surface area contributed by atoms with Crippen molar-refractivity contribution in [2.45, 2.75) is 25.8 Å². The number of nitro benzene ring substituents is 1. The number of hydrogen-bond donors (Lipinski definition) is 1. The van der Waals surface area contributed by atoms with Crippen LogP contribution in [0.3, 0.4) is 0 Å². The SMILES string of the molecule is CCCNC(=O)N(CCOC)CC(=O)N1N=C(c2cccs2)CC1c1cccc([N+](=O)[O-])c1. The minimum atomic E-state index is -0.502. The third kappa shape index (κ3) is 6.14. The fraction of sp³-hybridized carbons (Fsp3) is 0.409. The quantitative estimate of drug-likeness (QED) is 0.419. The van der Waals surface area contributed by atoms with Gasteiger partial charge in [0.15, 0.2) is 0 Å². The van der Waals surface area contributed by atoms with Gasteiger partial charge in [0.25, 0.3) is 11.6 Å². The van der Waals surface area contributed by atoms with Crippen LogP contribution in [0.2, 0.25) is 0 Å². The largest absolute Gasteiger partial charge is 0.383 e. The van der Waals surface area contributed by atoms with Crippen molar-refractivity contribution in [3.63, 3.8) is 0 Å². The molecule has 2 heterocycles. The van der Waals surface area contributed by atoms with E-state index in [1.807, 2.05) is 24.4 Å². The van der Waals surface area contributed by atoms with E-state index in [9.17, 15) is 19.7 Å². The molecule has 0 bridgehead atoms. The Labute approximate surface area is 196 Å². The number of rotatable bonds is 10. The van der Waals surface area contributed by atoms with E-state index in [1.54, 1.807) is 12.1 Å². The van der Waals surface area contributed by atoms with Crippen molar-refractivity contribution in [2.24, 2.45) is 5.10 Å². The van der Waals surface area contributed by atoms with Crippen LogP contribution in [0.4, 0.5) is 10.5 Å². The molecule has 1 unspecified atom stereocenters. The lowest BCUT2D eigenvalue weighted by molar-refractivity contribution is -0.384. The summed E-state index contributed by atoms with van der Waals surface area (Å²) < 4.78 is 5.09. The number of amides is 3. The van der Waals surface area contributed by atoms with Gasteiger partial charge < -0.3 is 15.0 Å². The molecule has 0 saturated heterocycles. The Morgan fingerprint density at radius 1 is 1.36 bits per heavy atom. The number of carbonyl (C=O) groups excluding carboxylic acids is 2. The Kier molecular flexibility index (Phi) is 8.50. The molecule has 1 aromatic carbocycles. The van der Waals surface area contributed by atoms with Gasteiger partial charge >= 0.3 is 6.03 Å². The molecule has 0 spiro atoms. The topological polar surface area (TPSA) is 117 Å². The number of methoxy groups -OCH3 is 1. The number of hydrogen-bond acceptors (Lipinski definition) is 7. The maximum Gasteiger partial charge on any atom is 0.317 e. The van der Waals surface area contributed by atoms with E-state index in [0.29, 0.717) is 18.5 Å². The molecule has 0 radical (unpaired) electrons. The van der Waals surface area contributed by atoms with Gasteiger partial charge in [-0.1, -0.05) is 25.1 Å². The average molecular weight is 474 g/mol. The molecule has 10 nitrogen and oxygen atoms in total. The van der Waals surface area contributed by atoms with E-state index in [0.717, 1.165) is 17.0 Å². The lowest BCUT2D eigenvalue weighted by Crippen LogP contribution is -2.47. The zero-order valence-electron chi connectivity index (χ0n) is 18.6. The summed E-state index contributed by atoms with van der Waals surface area (Å²) in [5, 5.41) is 21.9. The minimum Gasteiger partial charge on any atom is -0.383 e. The fourth-order valence-electron chi connectivity index (χ4n) is 3.47. The number of nitrogens with zero attached hydrogens (tertiary/aromatic N) is 4. The Hall–Kier alpha value is -3.31. The van der Waals surface area contributed by atoms with Crippen molar-refractivity contribution in [3.8, 4) is 0 Å². The van der Waals surface area contributed by atoms with Gasteiger partial charge in [0.2, 0.25) is 0 Å². The number of benzene rings is 1. The third-order valence-corrected chi connectivity index (χ3v) is 6.06. The van der Waals surface area contributed by atoms with Gasteiger partial charge in [-0.05, 0) is 23.4 Å². The predicted octanol–water partition coefficient (Wildman–Crippen LogP) is 3.40. The van der Waals surface area contributed by atoms with E-state index >= 15 is 0 Å². The highest BCUT2D eigenvalue weighted by atomic mass is 32.1. The molecule has 1 aliphatic heterocycles. The van der Waals surface area contributed by atoms with Crippen LogP contribution in [0.1, 0.15) is 36.2 Å². The van der Waals surface area contributed by atoms with Crippen LogP contribution in [0.25, 0.3) is 0 Å². The number of hydrazone groups is 1. The molecular weight excluding hydrogens is 446 g/mol. The Bertz CT molecular complexity index is 1010. The van der Waals surface area contributed by atoms with E-state index in [2.05, 4.69) is 10.4 Å². The summed E-state index contributed by atoms with van der Waals surface area (Å²) in [6.07, 6.45) is 1.20. The summed E-state index contributed by atoms with van der Waals surface area (Å²) >= 11 is 1.51. The predicted molar refractivity (Wildman–Crippen MR) is 125 cm³/mol. The van der Waals surface area contributed by atoms with Crippen LogP contribution in [0.5, 0.6) is 0 Å². The standard InChI is InChI=1S/C22H27N5O5S/c1-3-9-23-22(29)25(10-11-32-2)15-21(28)26-19(14-18(24-26)20-8-5-12-33-20)16-6-4-7-17(13-16)27(30)31/h4-8,12-13,19H,3,9-11,14-15H2,1-2H3,(H,23,29). The van der Waals surface area contributed by atoms with Gasteiger partial charge in [-0.25, -0.2) is 9.80 Å².